The van der Waals surface area contributed by atoms with Crippen molar-refractivity contribution in [3.8, 4) is 0 Å². The molecular weight excluding hydrogens is 417 g/mol. The van der Waals surface area contributed by atoms with Crippen LogP contribution in [0.3, 0.4) is 0 Å². The molecule has 3 aromatic rings. The van der Waals surface area contributed by atoms with Crippen LogP contribution in [-0.2, 0) is 35.2 Å². The van der Waals surface area contributed by atoms with Crippen molar-refractivity contribution in [3.05, 3.63) is 89.3 Å². The second kappa shape index (κ2) is 10.2. The number of guanidine groups is 1. The molecule has 0 radical (unpaired) electrons. The van der Waals surface area contributed by atoms with Gasteiger partial charge in [0.25, 0.3) is 0 Å². The molecule has 0 atom stereocenters. The first-order valence-corrected chi connectivity index (χ1v) is 11.8. The molecule has 164 valence electrons. The Labute approximate surface area is 182 Å². The molecule has 0 fully saturated rings. The molecule has 1 heterocycles. The highest BCUT2D eigenvalue weighted by atomic mass is 32.2. The zero-order chi connectivity index (χ0) is 22.3. The van der Waals surface area contributed by atoms with E-state index in [0.29, 0.717) is 23.6 Å². The minimum Gasteiger partial charge on any atom is -0.352 e. The Bertz CT molecular complexity index is 1130. The lowest BCUT2D eigenvalue weighted by atomic mass is 10.1. The molecule has 0 aliphatic carbocycles. The Morgan fingerprint density at radius 2 is 1.77 bits per heavy atom. The molecule has 2 N–H and O–H groups in total. The van der Waals surface area contributed by atoms with E-state index in [1.165, 1.54) is 23.8 Å². The van der Waals surface area contributed by atoms with E-state index in [-0.39, 0.29) is 12.3 Å². The molecule has 3 rings (SSSR count). The van der Waals surface area contributed by atoms with Gasteiger partial charge in [-0.15, -0.1) is 0 Å². The van der Waals surface area contributed by atoms with E-state index < -0.39 is 15.7 Å². The number of imidazole rings is 1. The molecule has 0 unspecified atom stereocenters. The van der Waals surface area contributed by atoms with Crippen LogP contribution in [0.5, 0.6) is 0 Å². The zero-order valence-corrected chi connectivity index (χ0v) is 18.4. The number of hydrogen-bond acceptors (Lipinski definition) is 4. The van der Waals surface area contributed by atoms with Crippen LogP contribution < -0.4 is 10.6 Å². The molecule has 0 bridgehead atoms. The van der Waals surface area contributed by atoms with Crippen molar-refractivity contribution in [1.29, 1.82) is 0 Å². The molecule has 9 heteroatoms. The topological polar surface area (TPSA) is 88.4 Å². The molecule has 0 saturated carbocycles. The molecule has 31 heavy (non-hydrogen) atoms. The Kier molecular flexibility index (Phi) is 7.41. The monoisotopic (exact) mass is 443 g/mol. The van der Waals surface area contributed by atoms with E-state index in [2.05, 4.69) is 32.7 Å². The van der Waals surface area contributed by atoms with Crippen LogP contribution in [0.25, 0.3) is 0 Å². The van der Waals surface area contributed by atoms with Crippen LogP contribution in [0.2, 0.25) is 0 Å². The van der Waals surface area contributed by atoms with E-state index in [9.17, 15) is 12.8 Å². The SMILES string of the molecule is CN=C(NCc1ccc(Cn2ccnc2)cc1)NCc1cc(F)ccc1CS(C)(=O)=O. The fourth-order valence-corrected chi connectivity index (χ4v) is 3.97. The fourth-order valence-electron chi connectivity index (χ4n) is 3.12. The van der Waals surface area contributed by atoms with Crippen LogP contribution in [0, 0.1) is 5.82 Å². The maximum absolute atomic E-state index is 13.7. The number of sulfone groups is 1. The van der Waals surface area contributed by atoms with Crippen molar-refractivity contribution in [2.75, 3.05) is 13.3 Å². The smallest absolute Gasteiger partial charge is 0.191 e. The van der Waals surface area contributed by atoms with Crippen LogP contribution in [0.1, 0.15) is 22.3 Å². The van der Waals surface area contributed by atoms with Crippen LogP contribution in [0.15, 0.2) is 66.2 Å². The van der Waals surface area contributed by atoms with Crippen molar-refractivity contribution >= 4 is 15.8 Å². The predicted molar refractivity (Wildman–Crippen MR) is 120 cm³/mol. The van der Waals surface area contributed by atoms with Crippen molar-refractivity contribution in [2.24, 2.45) is 4.99 Å². The maximum atomic E-state index is 13.7. The third kappa shape index (κ3) is 7.21. The third-order valence-corrected chi connectivity index (χ3v) is 5.50. The average molecular weight is 444 g/mol. The summed E-state index contributed by atoms with van der Waals surface area (Å²) in [6, 6.07) is 12.4. The molecule has 0 spiro atoms. The van der Waals surface area contributed by atoms with Crippen molar-refractivity contribution in [3.63, 3.8) is 0 Å². The number of halogens is 1. The number of nitrogens with one attached hydrogen (secondary N) is 2. The van der Waals surface area contributed by atoms with Gasteiger partial charge in [0.2, 0.25) is 0 Å². The van der Waals surface area contributed by atoms with E-state index in [1.807, 2.05) is 22.9 Å². The van der Waals surface area contributed by atoms with Crippen LogP contribution in [-0.4, -0.2) is 37.2 Å². The molecule has 0 aliphatic rings. The highest BCUT2D eigenvalue weighted by Crippen LogP contribution is 2.14. The van der Waals surface area contributed by atoms with Gasteiger partial charge < -0.3 is 15.2 Å². The second-order valence-corrected chi connectivity index (χ2v) is 9.45. The lowest BCUT2D eigenvalue weighted by molar-refractivity contribution is 0.599. The predicted octanol–water partition coefficient (Wildman–Crippen LogP) is 2.48. The zero-order valence-electron chi connectivity index (χ0n) is 17.5. The van der Waals surface area contributed by atoms with Crippen molar-refractivity contribution in [2.45, 2.75) is 25.4 Å². The van der Waals surface area contributed by atoms with Gasteiger partial charge in [-0.2, -0.15) is 0 Å². The van der Waals surface area contributed by atoms with Gasteiger partial charge in [0.1, 0.15) is 5.82 Å². The summed E-state index contributed by atoms with van der Waals surface area (Å²) in [6.45, 7) is 1.58. The number of aliphatic imine (C=N–C) groups is 1. The molecule has 7 nitrogen and oxygen atoms in total. The summed E-state index contributed by atoms with van der Waals surface area (Å²) in [4.78, 5) is 8.23. The maximum Gasteiger partial charge on any atom is 0.191 e. The van der Waals surface area contributed by atoms with Crippen molar-refractivity contribution < 1.29 is 12.8 Å². The third-order valence-electron chi connectivity index (χ3n) is 4.66. The summed E-state index contributed by atoms with van der Waals surface area (Å²) in [7, 11) is -1.58. The number of nitrogens with zero attached hydrogens (tertiary/aromatic N) is 3. The average Bonchev–Trinajstić information content (AvgIpc) is 3.23. The standard InChI is InChI=1S/C22H26FN5O2S/c1-24-22(27-13-20-11-21(23)8-7-19(20)15-31(2,29)30)26-12-17-3-5-18(6-4-17)14-28-10-9-25-16-28/h3-11,16H,12-15H2,1-2H3,(H2,24,26,27). The van der Waals surface area contributed by atoms with Crippen molar-refractivity contribution in [1.82, 2.24) is 20.2 Å². The Morgan fingerprint density at radius 3 is 2.42 bits per heavy atom. The number of rotatable bonds is 8. The summed E-state index contributed by atoms with van der Waals surface area (Å²) in [5, 5.41) is 6.33. The van der Waals surface area contributed by atoms with E-state index >= 15 is 0 Å². The molecule has 1 aromatic heterocycles. The first-order valence-electron chi connectivity index (χ1n) is 9.75. The van der Waals surface area contributed by atoms with E-state index in [1.54, 1.807) is 19.6 Å². The molecular formula is C22H26FN5O2S. The lowest BCUT2D eigenvalue weighted by Gasteiger charge is -2.14. The lowest BCUT2D eigenvalue weighted by Crippen LogP contribution is -2.36. The highest BCUT2D eigenvalue weighted by Gasteiger charge is 2.11. The number of benzene rings is 2. The fraction of sp³-hybridized carbons (Fsp3) is 0.273. The van der Waals surface area contributed by atoms with Gasteiger partial charge in [-0.05, 0) is 34.4 Å². The first-order chi connectivity index (χ1) is 14.8. The summed E-state index contributed by atoms with van der Waals surface area (Å²) in [5.41, 5.74) is 3.41. The number of aromatic nitrogens is 2. The highest BCUT2D eigenvalue weighted by molar-refractivity contribution is 7.89. The number of hydrogen-bond donors (Lipinski definition) is 2. The minimum absolute atomic E-state index is 0.137. The van der Waals surface area contributed by atoms with Gasteiger partial charge in [0.05, 0.1) is 12.1 Å². The molecule has 0 aliphatic heterocycles. The van der Waals surface area contributed by atoms with Gasteiger partial charge >= 0.3 is 0 Å². The Balaban J connectivity index is 1.56. The van der Waals surface area contributed by atoms with Gasteiger partial charge in [0, 0.05) is 45.3 Å². The first kappa shape index (κ1) is 22.5. The summed E-state index contributed by atoms with van der Waals surface area (Å²) in [5.74, 6) is -0.00768. The van der Waals surface area contributed by atoms with Gasteiger partial charge in [-0.3, -0.25) is 4.99 Å². The molecule has 2 aromatic carbocycles. The molecule has 0 amide bonds. The van der Waals surface area contributed by atoms with E-state index in [4.69, 9.17) is 0 Å². The van der Waals surface area contributed by atoms with Gasteiger partial charge in [-0.1, -0.05) is 30.3 Å². The second-order valence-electron chi connectivity index (χ2n) is 7.31. The Hall–Kier alpha value is -3.20. The van der Waals surface area contributed by atoms with Crippen LogP contribution >= 0.6 is 0 Å². The summed E-state index contributed by atoms with van der Waals surface area (Å²) < 4.78 is 39.0. The van der Waals surface area contributed by atoms with E-state index in [0.717, 1.165) is 18.4 Å². The normalized spacial score (nSPS) is 12.0. The largest absolute Gasteiger partial charge is 0.352 e. The molecule has 0 saturated heterocycles. The summed E-state index contributed by atoms with van der Waals surface area (Å²) in [6.07, 6.45) is 6.62. The van der Waals surface area contributed by atoms with Crippen LogP contribution in [0.4, 0.5) is 4.39 Å². The van der Waals surface area contributed by atoms with Gasteiger partial charge in [-0.25, -0.2) is 17.8 Å². The summed E-state index contributed by atoms with van der Waals surface area (Å²) >= 11 is 0. The minimum atomic E-state index is -3.22. The quantitative estimate of drug-likeness (QED) is 0.413. The Morgan fingerprint density at radius 1 is 1.06 bits per heavy atom. The van der Waals surface area contributed by atoms with Gasteiger partial charge in [0.15, 0.2) is 15.8 Å².